The lowest BCUT2D eigenvalue weighted by Crippen LogP contribution is -2.19. The highest BCUT2D eigenvalue weighted by Gasteiger charge is 2.19. The predicted octanol–water partition coefficient (Wildman–Crippen LogP) is 3.17. The maximum Gasteiger partial charge on any atom is 0.0542 e. The fourth-order valence-corrected chi connectivity index (χ4v) is 2.54. The lowest BCUT2D eigenvalue weighted by atomic mass is 9.84. The number of aliphatic hydroxyl groups is 1. The molecule has 15 heavy (non-hydrogen) atoms. The number of hydrogen-bond donors (Lipinski definition) is 1. The summed E-state index contributed by atoms with van der Waals surface area (Å²) in [6.45, 7) is 0. The van der Waals surface area contributed by atoms with Crippen LogP contribution in [0, 0.1) is 5.92 Å². The van der Waals surface area contributed by atoms with E-state index in [4.69, 9.17) is 0 Å². The topological polar surface area (TPSA) is 20.2 Å². The van der Waals surface area contributed by atoms with Crippen LogP contribution < -0.4 is 0 Å². The van der Waals surface area contributed by atoms with Crippen LogP contribution in [0.15, 0.2) is 30.3 Å². The summed E-state index contributed by atoms with van der Waals surface area (Å²) < 4.78 is 0. The van der Waals surface area contributed by atoms with Gasteiger partial charge >= 0.3 is 0 Å². The molecule has 0 saturated heterocycles. The first kappa shape index (κ1) is 10.7. The monoisotopic (exact) mass is 204 g/mol. The van der Waals surface area contributed by atoms with Crippen LogP contribution in [0.2, 0.25) is 0 Å². The Bertz CT molecular complexity index is 281. The van der Waals surface area contributed by atoms with Crippen molar-refractivity contribution in [3.8, 4) is 0 Å². The van der Waals surface area contributed by atoms with Gasteiger partial charge in [0.2, 0.25) is 0 Å². The third-order valence-electron chi connectivity index (χ3n) is 3.44. The first-order valence-electron chi connectivity index (χ1n) is 6.06. The normalized spacial score (nSPS) is 26.5. The van der Waals surface area contributed by atoms with Crippen molar-refractivity contribution in [3.63, 3.8) is 0 Å². The summed E-state index contributed by atoms with van der Waals surface area (Å²) in [5.74, 6) is 0.744. The summed E-state index contributed by atoms with van der Waals surface area (Å²) in [5.41, 5.74) is 1.43. The average molecular weight is 204 g/mol. The van der Waals surface area contributed by atoms with E-state index in [1.54, 1.807) is 0 Å². The smallest absolute Gasteiger partial charge is 0.0542 e. The first-order valence-corrected chi connectivity index (χ1v) is 6.06. The van der Waals surface area contributed by atoms with Crippen LogP contribution in [0.25, 0.3) is 0 Å². The summed E-state index contributed by atoms with van der Waals surface area (Å²) in [6.07, 6.45) is 6.93. The standard InChI is InChI=1S/C14H20O/c15-14-8-4-7-13(11-14)10-9-12-5-2-1-3-6-12/h1-3,5-6,13-15H,4,7-11H2/t13-,14+/m0/s1. The van der Waals surface area contributed by atoms with Gasteiger partial charge in [-0.3, -0.25) is 0 Å². The molecule has 1 saturated carbocycles. The highest BCUT2D eigenvalue weighted by molar-refractivity contribution is 5.14. The van der Waals surface area contributed by atoms with Crippen LogP contribution in [0.3, 0.4) is 0 Å². The molecule has 0 radical (unpaired) electrons. The van der Waals surface area contributed by atoms with Crippen molar-refractivity contribution in [3.05, 3.63) is 35.9 Å². The Balaban J connectivity index is 1.78. The van der Waals surface area contributed by atoms with Gasteiger partial charge in [-0.1, -0.05) is 43.2 Å². The van der Waals surface area contributed by atoms with Gasteiger partial charge in [0.25, 0.3) is 0 Å². The molecule has 0 unspecified atom stereocenters. The molecular weight excluding hydrogens is 184 g/mol. The summed E-state index contributed by atoms with van der Waals surface area (Å²) in [7, 11) is 0. The van der Waals surface area contributed by atoms with Crippen molar-refractivity contribution < 1.29 is 5.11 Å². The highest BCUT2D eigenvalue weighted by Crippen LogP contribution is 2.27. The van der Waals surface area contributed by atoms with E-state index in [2.05, 4.69) is 30.3 Å². The Morgan fingerprint density at radius 1 is 1.13 bits per heavy atom. The molecule has 82 valence electrons. The van der Waals surface area contributed by atoms with Gasteiger partial charge in [0.1, 0.15) is 0 Å². The molecule has 0 bridgehead atoms. The van der Waals surface area contributed by atoms with E-state index >= 15 is 0 Å². The summed E-state index contributed by atoms with van der Waals surface area (Å²) >= 11 is 0. The van der Waals surface area contributed by atoms with Crippen molar-refractivity contribution in [2.24, 2.45) is 5.92 Å². The van der Waals surface area contributed by atoms with Gasteiger partial charge in [-0.15, -0.1) is 0 Å². The minimum atomic E-state index is -0.0282. The fraction of sp³-hybridized carbons (Fsp3) is 0.571. The van der Waals surface area contributed by atoms with Gasteiger partial charge in [0, 0.05) is 0 Å². The van der Waals surface area contributed by atoms with Crippen LogP contribution in [0.5, 0.6) is 0 Å². The van der Waals surface area contributed by atoms with Crippen molar-refractivity contribution >= 4 is 0 Å². The molecule has 1 N–H and O–H groups in total. The van der Waals surface area contributed by atoms with Crippen LogP contribution in [0.1, 0.15) is 37.7 Å². The largest absolute Gasteiger partial charge is 0.393 e. The van der Waals surface area contributed by atoms with Gasteiger partial charge in [0.05, 0.1) is 6.10 Å². The van der Waals surface area contributed by atoms with Crippen molar-refractivity contribution in [1.82, 2.24) is 0 Å². The number of benzene rings is 1. The number of rotatable bonds is 3. The fourth-order valence-electron chi connectivity index (χ4n) is 2.54. The minimum Gasteiger partial charge on any atom is -0.393 e. The first-order chi connectivity index (χ1) is 7.34. The number of aryl methyl sites for hydroxylation is 1. The third-order valence-corrected chi connectivity index (χ3v) is 3.44. The van der Waals surface area contributed by atoms with E-state index in [-0.39, 0.29) is 6.10 Å². The maximum atomic E-state index is 9.58. The lowest BCUT2D eigenvalue weighted by Gasteiger charge is -2.25. The van der Waals surface area contributed by atoms with Crippen molar-refractivity contribution in [1.29, 1.82) is 0 Å². The predicted molar refractivity (Wildman–Crippen MR) is 62.7 cm³/mol. The van der Waals surface area contributed by atoms with Gasteiger partial charge in [-0.2, -0.15) is 0 Å². The molecule has 0 amide bonds. The van der Waals surface area contributed by atoms with Gasteiger partial charge in [-0.05, 0) is 37.2 Å². The Morgan fingerprint density at radius 2 is 1.93 bits per heavy atom. The zero-order chi connectivity index (χ0) is 10.5. The van der Waals surface area contributed by atoms with Gasteiger partial charge in [-0.25, -0.2) is 0 Å². The third kappa shape index (κ3) is 3.35. The molecule has 1 heteroatoms. The summed E-state index contributed by atoms with van der Waals surface area (Å²) in [5, 5.41) is 9.58. The highest BCUT2D eigenvalue weighted by atomic mass is 16.3. The molecule has 1 aliphatic rings. The Kier molecular flexibility index (Phi) is 3.79. The van der Waals surface area contributed by atoms with E-state index < -0.39 is 0 Å². The van der Waals surface area contributed by atoms with E-state index in [1.807, 2.05) is 0 Å². The number of aliphatic hydroxyl groups excluding tert-OH is 1. The molecule has 2 rings (SSSR count). The number of hydrogen-bond acceptors (Lipinski definition) is 1. The molecule has 1 aliphatic carbocycles. The molecule has 0 aromatic heterocycles. The Labute approximate surface area is 92.1 Å². The molecular formula is C14H20O. The summed E-state index contributed by atoms with van der Waals surface area (Å²) in [4.78, 5) is 0. The van der Waals surface area contributed by atoms with Gasteiger partial charge < -0.3 is 5.11 Å². The van der Waals surface area contributed by atoms with Crippen LogP contribution in [0.4, 0.5) is 0 Å². The molecule has 2 atom stereocenters. The van der Waals surface area contributed by atoms with Crippen LogP contribution in [-0.4, -0.2) is 11.2 Å². The molecule has 1 aromatic rings. The SMILES string of the molecule is O[C@@H]1CCC[C@@H](CCc2ccccc2)C1. The van der Waals surface area contributed by atoms with Gasteiger partial charge in [0.15, 0.2) is 0 Å². The zero-order valence-electron chi connectivity index (χ0n) is 9.23. The Hall–Kier alpha value is -0.820. The van der Waals surface area contributed by atoms with Crippen molar-refractivity contribution in [2.45, 2.75) is 44.6 Å². The maximum absolute atomic E-state index is 9.58. The molecule has 1 fully saturated rings. The lowest BCUT2D eigenvalue weighted by molar-refractivity contribution is 0.0984. The van der Waals surface area contributed by atoms with E-state index in [9.17, 15) is 5.11 Å². The second-order valence-corrected chi connectivity index (χ2v) is 4.71. The second kappa shape index (κ2) is 5.32. The summed E-state index contributed by atoms with van der Waals surface area (Å²) in [6, 6.07) is 10.7. The molecule has 0 aliphatic heterocycles. The van der Waals surface area contributed by atoms with Crippen LogP contribution in [-0.2, 0) is 6.42 Å². The molecule has 0 heterocycles. The Morgan fingerprint density at radius 3 is 2.67 bits per heavy atom. The average Bonchev–Trinajstić information content (AvgIpc) is 2.28. The molecule has 1 aromatic carbocycles. The van der Waals surface area contributed by atoms with E-state index in [0.717, 1.165) is 25.2 Å². The second-order valence-electron chi connectivity index (χ2n) is 4.71. The van der Waals surface area contributed by atoms with Crippen LogP contribution >= 0.6 is 0 Å². The molecule has 0 spiro atoms. The zero-order valence-corrected chi connectivity index (χ0v) is 9.23. The molecule has 1 nitrogen and oxygen atoms in total. The van der Waals surface area contributed by atoms with E-state index in [0.29, 0.717) is 0 Å². The van der Waals surface area contributed by atoms with E-state index in [1.165, 1.54) is 24.8 Å². The van der Waals surface area contributed by atoms with Crippen molar-refractivity contribution in [2.75, 3.05) is 0 Å². The quantitative estimate of drug-likeness (QED) is 0.801. The minimum absolute atomic E-state index is 0.0282.